The summed E-state index contributed by atoms with van der Waals surface area (Å²) in [6, 6.07) is 3.44. The number of hydrogen-bond acceptors (Lipinski definition) is 5. The molecule has 4 rings (SSSR count). The zero-order valence-corrected chi connectivity index (χ0v) is 15.6. The number of nitrogens with one attached hydrogen (secondary N) is 1. The quantitative estimate of drug-likeness (QED) is 0.630. The van der Waals surface area contributed by atoms with Gasteiger partial charge >= 0.3 is 0 Å². The molecule has 27 heavy (non-hydrogen) atoms. The zero-order valence-electron chi connectivity index (χ0n) is 15.6. The molecule has 0 bridgehead atoms. The third-order valence-corrected chi connectivity index (χ3v) is 4.99. The number of aromatic nitrogens is 3. The molecule has 4 heterocycles. The molecular formula is C18H25N7O2. The van der Waals surface area contributed by atoms with Crippen LogP contribution in [0.4, 0.5) is 0 Å². The topological polar surface area (TPSA) is 91.8 Å². The summed E-state index contributed by atoms with van der Waals surface area (Å²) in [4.78, 5) is 21.2. The third kappa shape index (κ3) is 3.67. The highest BCUT2D eigenvalue weighted by molar-refractivity contribution is 5.91. The Morgan fingerprint density at radius 1 is 1.22 bits per heavy atom. The number of carbonyl (C=O) groups excluding carboxylic acids is 1. The van der Waals surface area contributed by atoms with Gasteiger partial charge in [-0.25, -0.2) is 4.99 Å². The number of rotatable bonds is 4. The first-order chi connectivity index (χ1) is 13.3. The molecule has 1 amide bonds. The van der Waals surface area contributed by atoms with Crippen molar-refractivity contribution in [2.45, 2.75) is 32.9 Å². The van der Waals surface area contributed by atoms with Crippen molar-refractivity contribution in [3.05, 3.63) is 35.8 Å². The van der Waals surface area contributed by atoms with Crippen molar-refractivity contribution in [2.24, 2.45) is 4.99 Å². The Balaban J connectivity index is 1.38. The maximum atomic E-state index is 12.4. The smallest absolute Gasteiger partial charge is 0.289 e. The fourth-order valence-corrected chi connectivity index (χ4v) is 3.58. The van der Waals surface area contributed by atoms with Gasteiger partial charge in [0.2, 0.25) is 0 Å². The van der Waals surface area contributed by atoms with Crippen LogP contribution in [0.3, 0.4) is 0 Å². The molecule has 0 unspecified atom stereocenters. The Kier molecular flexibility index (Phi) is 5.08. The Morgan fingerprint density at radius 3 is 2.78 bits per heavy atom. The lowest BCUT2D eigenvalue weighted by molar-refractivity contribution is 0.0657. The number of aliphatic imine (C=N–C) groups is 1. The molecule has 2 aromatic heterocycles. The van der Waals surface area contributed by atoms with E-state index >= 15 is 0 Å². The van der Waals surface area contributed by atoms with Gasteiger partial charge in [0.05, 0.1) is 6.26 Å². The van der Waals surface area contributed by atoms with Gasteiger partial charge in [0, 0.05) is 45.7 Å². The van der Waals surface area contributed by atoms with Gasteiger partial charge in [-0.05, 0) is 25.5 Å². The van der Waals surface area contributed by atoms with Crippen LogP contribution in [0.1, 0.15) is 35.5 Å². The van der Waals surface area contributed by atoms with Crippen molar-refractivity contribution in [2.75, 3.05) is 32.7 Å². The number of aryl methyl sites for hydroxylation is 1. The second kappa shape index (κ2) is 7.81. The number of fused-ring (bicyclic) bond motifs is 1. The molecule has 0 radical (unpaired) electrons. The van der Waals surface area contributed by atoms with E-state index in [2.05, 4.69) is 31.9 Å². The molecule has 0 aliphatic carbocycles. The highest BCUT2D eigenvalue weighted by Gasteiger charge is 2.25. The van der Waals surface area contributed by atoms with E-state index in [9.17, 15) is 4.79 Å². The van der Waals surface area contributed by atoms with Crippen LogP contribution < -0.4 is 5.32 Å². The molecule has 2 aliphatic rings. The maximum absolute atomic E-state index is 12.4. The first-order valence-corrected chi connectivity index (χ1v) is 9.53. The number of nitrogens with zero attached hydrogens (tertiary/aromatic N) is 6. The van der Waals surface area contributed by atoms with E-state index in [1.807, 2.05) is 4.90 Å². The highest BCUT2D eigenvalue weighted by Crippen LogP contribution is 2.15. The molecule has 9 nitrogen and oxygen atoms in total. The Hall–Kier alpha value is -2.84. The van der Waals surface area contributed by atoms with Crippen LogP contribution in [0.15, 0.2) is 27.8 Å². The van der Waals surface area contributed by atoms with Crippen LogP contribution in [0, 0.1) is 0 Å². The van der Waals surface area contributed by atoms with Crippen molar-refractivity contribution in [3.63, 3.8) is 0 Å². The molecule has 0 atom stereocenters. The summed E-state index contributed by atoms with van der Waals surface area (Å²) in [6.45, 7) is 7.10. The van der Waals surface area contributed by atoms with Gasteiger partial charge in [-0.3, -0.25) is 4.79 Å². The fourth-order valence-electron chi connectivity index (χ4n) is 3.58. The summed E-state index contributed by atoms with van der Waals surface area (Å²) in [5.74, 6) is 3.18. The Bertz CT molecular complexity index is 804. The van der Waals surface area contributed by atoms with Gasteiger partial charge in [0.15, 0.2) is 17.5 Å². The minimum Gasteiger partial charge on any atom is -0.459 e. The molecule has 2 aromatic rings. The molecule has 2 aliphatic heterocycles. The van der Waals surface area contributed by atoms with E-state index in [-0.39, 0.29) is 5.91 Å². The molecule has 1 saturated heterocycles. The van der Waals surface area contributed by atoms with Crippen molar-refractivity contribution in [1.29, 1.82) is 0 Å². The Labute approximate surface area is 158 Å². The number of guanidine groups is 1. The predicted molar refractivity (Wildman–Crippen MR) is 99.3 cm³/mol. The van der Waals surface area contributed by atoms with Gasteiger partial charge in [-0.15, -0.1) is 10.2 Å². The fraction of sp³-hybridized carbons (Fsp3) is 0.556. The van der Waals surface area contributed by atoms with Gasteiger partial charge in [-0.1, -0.05) is 0 Å². The number of amides is 1. The van der Waals surface area contributed by atoms with E-state index in [4.69, 9.17) is 9.41 Å². The largest absolute Gasteiger partial charge is 0.459 e. The van der Waals surface area contributed by atoms with Crippen molar-refractivity contribution >= 4 is 11.9 Å². The highest BCUT2D eigenvalue weighted by atomic mass is 16.3. The lowest BCUT2D eigenvalue weighted by Crippen LogP contribution is -2.53. The molecule has 9 heteroatoms. The van der Waals surface area contributed by atoms with Gasteiger partial charge in [-0.2, -0.15) is 0 Å². The minimum atomic E-state index is -0.0550. The lowest BCUT2D eigenvalue weighted by atomic mass is 10.3. The van der Waals surface area contributed by atoms with Crippen LogP contribution >= 0.6 is 0 Å². The molecule has 1 fully saturated rings. The second-order valence-corrected chi connectivity index (χ2v) is 6.71. The average molecular weight is 371 g/mol. The first kappa shape index (κ1) is 17.6. The minimum absolute atomic E-state index is 0.0550. The number of furan rings is 1. The summed E-state index contributed by atoms with van der Waals surface area (Å²) in [5, 5.41) is 11.9. The summed E-state index contributed by atoms with van der Waals surface area (Å²) in [6.07, 6.45) is 3.66. The van der Waals surface area contributed by atoms with Gasteiger partial charge in [0.25, 0.3) is 5.91 Å². The normalized spacial score (nSPS) is 17.3. The van der Waals surface area contributed by atoms with Crippen molar-refractivity contribution < 1.29 is 9.21 Å². The van der Waals surface area contributed by atoms with Crippen LogP contribution in [0.5, 0.6) is 0 Å². The van der Waals surface area contributed by atoms with Crippen LogP contribution in [0.25, 0.3) is 0 Å². The standard InChI is InChI=1S/C18H25N7O2/c1-2-19-18(20-13-16-22-21-15-6-3-7-25(15)16)24-10-8-23(9-11-24)17(26)14-5-4-12-27-14/h4-5,12H,2-3,6-11,13H2,1H3,(H,19,20). The van der Waals surface area contributed by atoms with Crippen molar-refractivity contribution in [1.82, 2.24) is 29.9 Å². The van der Waals surface area contributed by atoms with Gasteiger partial charge in [0.1, 0.15) is 12.4 Å². The lowest BCUT2D eigenvalue weighted by Gasteiger charge is -2.36. The Morgan fingerprint density at radius 2 is 2.04 bits per heavy atom. The first-order valence-electron chi connectivity index (χ1n) is 9.53. The van der Waals surface area contributed by atoms with E-state index in [0.29, 0.717) is 25.4 Å². The number of piperazine rings is 1. The summed E-state index contributed by atoms with van der Waals surface area (Å²) >= 11 is 0. The molecule has 144 valence electrons. The summed E-state index contributed by atoms with van der Waals surface area (Å²) in [5.41, 5.74) is 0. The summed E-state index contributed by atoms with van der Waals surface area (Å²) < 4.78 is 7.40. The third-order valence-electron chi connectivity index (χ3n) is 4.99. The predicted octanol–water partition coefficient (Wildman–Crippen LogP) is 0.741. The molecular weight excluding hydrogens is 346 g/mol. The number of carbonyl (C=O) groups is 1. The SMILES string of the molecule is CCNC(=NCc1nnc2n1CCC2)N1CCN(C(=O)c2ccco2)CC1. The van der Waals surface area contributed by atoms with E-state index in [0.717, 1.165) is 56.6 Å². The van der Waals surface area contributed by atoms with Crippen LogP contribution in [0.2, 0.25) is 0 Å². The van der Waals surface area contributed by atoms with E-state index in [1.54, 1.807) is 12.1 Å². The maximum Gasteiger partial charge on any atom is 0.289 e. The van der Waals surface area contributed by atoms with E-state index in [1.165, 1.54) is 6.26 Å². The number of hydrogen-bond donors (Lipinski definition) is 1. The second-order valence-electron chi connectivity index (χ2n) is 6.71. The van der Waals surface area contributed by atoms with Crippen LogP contribution in [-0.4, -0.2) is 69.2 Å². The molecule has 0 spiro atoms. The van der Waals surface area contributed by atoms with Gasteiger partial charge < -0.3 is 24.1 Å². The van der Waals surface area contributed by atoms with E-state index < -0.39 is 0 Å². The molecule has 0 saturated carbocycles. The van der Waals surface area contributed by atoms with Crippen LogP contribution in [-0.2, 0) is 19.5 Å². The van der Waals surface area contributed by atoms with Crippen molar-refractivity contribution in [3.8, 4) is 0 Å². The molecule has 0 aromatic carbocycles. The zero-order chi connectivity index (χ0) is 18.6. The average Bonchev–Trinajstić information content (AvgIpc) is 3.43. The monoisotopic (exact) mass is 371 g/mol. The summed E-state index contributed by atoms with van der Waals surface area (Å²) in [7, 11) is 0. The molecule has 1 N–H and O–H groups in total.